The minimum atomic E-state index is -1.13. The Morgan fingerprint density at radius 3 is 2.41 bits per heavy atom. The number of hydrogen-bond donors (Lipinski definition) is 0. The van der Waals surface area contributed by atoms with Crippen molar-refractivity contribution < 1.29 is 23.2 Å². The molecule has 1 fully saturated rings. The molecule has 3 heterocycles. The van der Waals surface area contributed by atoms with Crippen LogP contribution in [-0.2, 0) is 20.8 Å². The van der Waals surface area contributed by atoms with Gasteiger partial charge in [0.15, 0.2) is 0 Å². The average molecular weight is 484 g/mol. The van der Waals surface area contributed by atoms with Crippen LogP contribution in [0.2, 0.25) is 25.7 Å². The molecule has 0 amide bonds. The highest BCUT2D eigenvalue weighted by atomic mass is 28.3. The molecule has 9 heteroatoms. The van der Waals surface area contributed by atoms with Crippen LogP contribution < -0.4 is 10.2 Å². The smallest absolute Gasteiger partial charge is 0.438 e. The first-order chi connectivity index (χ1) is 15.9. The lowest BCUT2D eigenvalue weighted by molar-refractivity contribution is 0.00578. The number of hydrogen-bond acceptors (Lipinski definition) is 5. The summed E-state index contributed by atoms with van der Waals surface area (Å²) in [6, 6.07) is 9.68. The van der Waals surface area contributed by atoms with Crippen LogP contribution in [0.15, 0.2) is 42.7 Å². The molecule has 6 nitrogen and oxygen atoms in total. The molecule has 1 aliphatic heterocycles. The van der Waals surface area contributed by atoms with Gasteiger partial charge in [-0.3, -0.25) is 0 Å². The molecule has 0 unspecified atom stereocenters. The summed E-state index contributed by atoms with van der Waals surface area (Å²) in [5.74, 6) is 0.328. The third-order valence-corrected chi connectivity index (χ3v) is 8.29. The van der Waals surface area contributed by atoms with E-state index in [1.54, 1.807) is 18.3 Å². The summed E-state index contributed by atoms with van der Waals surface area (Å²) in [6.07, 6.45) is 3.64. The van der Waals surface area contributed by atoms with Gasteiger partial charge >= 0.3 is 7.12 Å². The van der Waals surface area contributed by atoms with Gasteiger partial charge in [0.1, 0.15) is 18.3 Å². The topological polar surface area (TPSA) is 54.7 Å². The molecule has 1 saturated heterocycles. The van der Waals surface area contributed by atoms with Gasteiger partial charge in [0.2, 0.25) is 5.88 Å². The van der Waals surface area contributed by atoms with Gasteiger partial charge in [-0.25, -0.2) is 9.37 Å². The average Bonchev–Trinajstić information content (AvgIpc) is 3.22. The molecule has 0 saturated carbocycles. The van der Waals surface area contributed by atoms with Crippen molar-refractivity contribution in [3.8, 4) is 11.6 Å². The Hall–Kier alpha value is -2.20. The molecule has 2 aromatic heterocycles. The zero-order valence-corrected chi connectivity index (χ0v) is 22.1. The van der Waals surface area contributed by atoms with Gasteiger partial charge in [-0.1, -0.05) is 25.7 Å². The van der Waals surface area contributed by atoms with Crippen LogP contribution in [-0.4, -0.2) is 42.6 Å². The van der Waals surface area contributed by atoms with Crippen molar-refractivity contribution in [2.24, 2.45) is 0 Å². The van der Waals surface area contributed by atoms with Gasteiger partial charge in [-0.05, 0) is 51.9 Å². The Morgan fingerprint density at radius 1 is 1.06 bits per heavy atom. The van der Waals surface area contributed by atoms with Crippen LogP contribution in [0.25, 0.3) is 10.9 Å². The van der Waals surface area contributed by atoms with Crippen molar-refractivity contribution in [3.05, 3.63) is 48.5 Å². The summed E-state index contributed by atoms with van der Waals surface area (Å²) in [5.41, 5.74) is 0.223. The maximum Gasteiger partial charge on any atom is 0.497 e. The molecule has 3 aromatic rings. The molecule has 1 aliphatic rings. The summed E-state index contributed by atoms with van der Waals surface area (Å²) in [5, 5.41) is 0.840. The normalized spacial score (nSPS) is 17.5. The van der Waals surface area contributed by atoms with E-state index in [9.17, 15) is 0 Å². The monoisotopic (exact) mass is 484 g/mol. The minimum absolute atomic E-state index is 0.346. The third-order valence-electron chi connectivity index (χ3n) is 6.58. The summed E-state index contributed by atoms with van der Waals surface area (Å²) >= 11 is 0. The van der Waals surface area contributed by atoms with Crippen molar-refractivity contribution in [1.82, 2.24) is 9.55 Å². The van der Waals surface area contributed by atoms with E-state index in [2.05, 4.69) is 24.6 Å². The Labute approximate surface area is 202 Å². The molecule has 0 atom stereocenters. The number of fused-ring (bicyclic) bond motifs is 1. The molecule has 0 bridgehead atoms. The number of nitrogens with zero attached hydrogens (tertiary/aromatic N) is 2. The van der Waals surface area contributed by atoms with E-state index >= 15 is 4.39 Å². The van der Waals surface area contributed by atoms with Crippen LogP contribution in [0.1, 0.15) is 27.7 Å². The zero-order valence-electron chi connectivity index (χ0n) is 21.1. The van der Waals surface area contributed by atoms with Crippen molar-refractivity contribution in [3.63, 3.8) is 0 Å². The van der Waals surface area contributed by atoms with Gasteiger partial charge in [0.05, 0.1) is 22.1 Å². The zero-order chi connectivity index (χ0) is 24.7. The second-order valence-electron chi connectivity index (χ2n) is 11.1. The van der Waals surface area contributed by atoms with Gasteiger partial charge in [0.25, 0.3) is 0 Å². The summed E-state index contributed by atoms with van der Waals surface area (Å²) in [7, 11) is -1.90. The fraction of sp³-hybridized carbons (Fsp3) is 0.480. The quantitative estimate of drug-likeness (QED) is 0.309. The number of halogens is 1. The predicted octanol–water partition coefficient (Wildman–Crippen LogP) is 5.58. The third kappa shape index (κ3) is 5.22. The van der Waals surface area contributed by atoms with E-state index < -0.39 is 32.2 Å². The number of rotatable bonds is 8. The number of pyridine rings is 1. The highest BCUT2D eigenvalue weighted by Crippen LogP contribution is 2.37. The highest BCUT2D eigenvalue weighted by Gasteiger charge is 2.52. The van der Waals surface area contributed by atoms with Gasteiger partial charge in [0, 0.05) is 38.6 Å². The second-order valence-corrected chi connectivity index (χ2v) is 16.7. The van der Waals surface area contributed by atoms with E-state index in [-0.39, 0.29) is 0 Å². The van der Waals surface area contributed by atoms with E-state index in [1.807, 2.05) is 50.6 Å². The molecule has 0 aliphatic carbocycles. The molecule has 4 rings (SSSR count). The number of ether oxygens (including phenoxy) is 2. The van der Waals surface area contributed by atoms with E-state index in [0.29, 0.717) is 23.8 Å². The molecule has 0 radical (unpaired) electrons. The molecular formula is C25H34BFN2O4Si. The second kappa shape index (κ2) is 9.11. The first-order valence-corrected chi connectivity index (χ1v) is 15.4. The Morgan fingerprint density at radius 2 is 1.76 bits per heavy atom. The molecule has 1 aromatic carbocycles. The lowest BCUT2D eigenvalue weighted by atomic mass is 9.78. The summed E-state index contributed by atoms with van der Waals surface area (Å²) in [4.78, 5) is 4.37. The first kappa shape index (κ1) is 24.9. The summed E-state index contributed by atoms with van der Waals surface area (Å²) in [6.45, 7) is 16.0. The molecule has 182 valence electrons. The molecular weight excluding hydrogens is 450 g/mol. The maximum atomic E-state index is 15.0. The van der Waals surface area contributed by atoms with Crippen molar-refractivity contribution in [1.29, 1.82) is 0 Å². The lowest BCUT2D eigenvalue weighted by Crippen LogP contribution is -2.41. The van der Waals surface area contributed by atoms with Gasteiger partial charge in [-0.2, -0.15) is 0 Å². The standard InChI is InChI=1S/C25H34BFN2O4Si/c1-24(2)25(3,4)33-26(32-24)20-9-8-18(16-21(20)27)31-23-19-11-13-29(22(19)10-12-28-23)17-30-14-15-34(5,6)7/h8-13,16H,14-15,17H2,1-7H3. The molecule has 0 spiro atoms. The largest absolute Gasteiger partial charge is 0.497 e. The fourth-order valence-corrected chi connectivity index (χ4v) is 4.43. The van der Waals surface area contributed by atoms with Crippen LogP contribution in [0.5, 0.6) is 11.6 Å². The van der Waals surface area contributed by atoms with Crippen LogP contribution >= 0.6 is 0 Å². The van der Waals surface area contributed by atoms with Crippen LogP contribution in [0, 0.1) is 5.82 Å². The Bertz CT molecular complexity index is 1160. The fourth-order valence-electron chi connectivity index (χ4n) is 3.68. The van der Waals surface area contributed by atoms with Crippen molar-refractivity contribution in [2.45, 2.75) is 71.3 Å². The molecule has 34 heavy (non-hydrogen) atoms. The van der Waals surface area contributed by atoms with Crippen LogP contribution in [0.4, 0.5) is 4.39 Å². The van der Waals surface area contributed by atoms with Gasteiger partial charge in [-0.15, -0.1) is 0 Å². The lowest BCUT2D eigenvalue weighted by Gasteiger charge is -2.32. The van der Waals surface area contributed by atoms with Crippen molar-refractivity contribution >= 4 is 31.6 Å². The highest BCUT2D eigenvalue weighted by molar-refractivity contribution is 6.76. The SMILES string of the molecule is CC1(C)OB(c2ccc(Oc3nccc4c3ccn4COCC[Si](C)(C)C)cc2F)OC1(C)C. The Balaban J connectivity index is 1.48. The van der Waals surface area contributed by atoms with Crippen molar-refractivity contribution in [2.75, 3.05) is 6.61 Å². The first-order valence-electron chi connectivity index (χ1n) is 11.7. The maximum absolute atomic E-state index is 15.0. The van der Waals surface area contributed by atoms with E-state index in [0.717, 1.165) is 23.6 Å². The van der Waals surface area contributed by atoms with Gasteiger partial charge < -0.3 is 23.3 Å². The molecule has 0 N–H and O–H groups in total. The van der Waals surface area contributed by atoms with E-state index in [4.69, 9.17) is 18.8 Å². The summed E-state index contributed by atoms with van der Waals surface area (Å²) < 4.78 is 40.9. The number of benzene rings is 1. The predicted molar refractivity (Wildman–Crippen MR) is 136 cm³/mol. The Kier molecular flexibility index (Phi) is 6.67. The van der Waals surface area contributed by atoms with Crippen LogP contribution in [0.3, 0.4) is 0 Å². The minimum Gasteiger partial charge on any atom is -0.438 e. The number of aromatic nitrogens is 2. The van der Waals surface area contributed by atoms with E-state index in [1.165, 1.54) is 6.07 Å².